The van der Waals surface area contributed by atoms with Gasteiger partial charge in [-0.2, -0.15) is 10.2 Å². The maximum atomic E-state index is 13.0. The Kier molecular flexibility index (Phi) is 4.02. The summed E-state index contributed by atoms with van der Waals surface area (Å²) in [5.74, 6) is 0.668. The highest BCUT2D eigenvalue weighted by Gasteiger charge is 2.24. The fraction of sp³-hybridized carbons (Fsp3) is 0.294. The van der Waals surface area contributed by atoms with E-state index < -0.39 is 0 Å². The number of nitriles is 1. The summed E-state index contributed by atoms with van der Waals surface area (Å²) >= 11 is 0. The number of anilines is 2. The number of allylic oxidation sites excluding steroid dienone is 1. The first-order valence-corrected chi connectivity index (χ1v) is 7.41. The molecule has 0 bridgehead atoms. The number of halogens is 1. The van der Waals surface area contributed by atoms with Crippen LogP contribution in [0, 0.1) is 17.1 Å². The van der Waals surface area contributed by atoms with Crippen molar-refractivity contribution in [3.63, 3.8) is 0 Å². The van der Waals surface area contributed by atoms with Crippen LogP contribution in [0.15, 0.2) is 35.3 Å². The van der Waals surface area contributed by atoms with Crippen molar-refractivity contribution in [2.45, 2.75) is 6.92 Å². The Hall–Kier alpha value is -2.81. The second-order valence-electron chi connectivity index (χ2n) is 5.52. The van der Waals surface area contributed by atoms with Crippen LogP contribution in [-0.4, -0.2) is 31.2 Å². The van der Waals surface area contributed by atoms with E-state index in [9.17, 15) is 9.65 Å². The van der Waals surface area contributed by atoms with Crippen LogP contribution in [0.3, 0.4) is 0 Å². The zero-order valence-corrected chi connectivity index (χ0v) is 12.9. The summed E-state index contributed by atoms with van der Waals surface area (Å²) in [7, 11) is 0. The molecule has 23 heavy (non-hydrogen) atoms. The maximum Gasteiger partial charge on any atom is 0.235 e. The summed E-state index contributed by atoms with van der Waals surface area (Å²) in [6.07, 6.45) is 0. The smallest absolute Gasteiger partial charge is 0.235 e. The second kappa shape index (κ2) is 6.13. The van der Waals surface area contributed by atoms with Crippen LogP contribution >= 0.6 is 0 Å². The van der Waals surface area contributed by atoms with Gasteiger partial charge in [0.25, 0.3) is 0 Å². The van der Waals surface area contributed by atoms with E-state index in [1.807, 2.05) is 4.90 Å². The molecule has 0 saturated carbocycles. The van der Waals surface area contributed by atoms with Crippen molar-refractivity contribution in [3.8, 4) is 6.07 Å². The lowest BCUT2D eigenvalue weighted by Crippen LogP contribution is -2.46. The number of piperazine rings is 1. The Labute approximate surface area is 134 Å². The number of rotatable bonds is 3. The van der Waals surface area contributed by atoms with Crippen molar-refractivity contribution >= 4 is 17.1 Å². The molecule has 1 aromatic carbocycles. The average molecular weight is 312 g/mol. The lowest BCUT2D eigenvalue weighted by atomic mass is 10.2. The predicted octanol–water partition coefficient (Wildman–Crippen LogP) is 3.05. The first-order valence-electron chi connectivity index (χ1n) is 7.41. The molecule has 118 valence electrons. The van der Waals surface area contributed by atoms with Gasteiger partial charge in [-0.15, -0.1) is 0 Å². The standard InChI is InChI=1S/C17H17FN4O/c1-12(2)16-20-15(11-19)17(23-16)22-9-7-21(8-10-22)14-5-3-13(18)4-6-14/h3-6H,1,7-10H2,2H3. The lowest BCUT2D eigenvalue weighted by molar-refractivity contribution is 0.510. The van der Waals surface area contributed by atoms with Crippen LogP contribution < -0.4 is 9.80 Å². The third-order valence-corrected chi connectivity index (χ3v) is 3.84. The van der Waals surface area contributed by atoms with Gasteiger partial charge in [-0.1, -0.05) is 6.58 Å². The summed E-state index contributed by atoms with van der Waals surface area (Å²) < 4.78 is 18.7. The SMILES string of the molecule is C=C(C)c1nc(C#N)c(N2CCN(c3ccc(F)cc3)CC2)o1. The fourth-order valence-corrected chi connectivity index (χ4v) is 2.60. The zero-order valence-electron chi connectivity index (χ0n) is 12.9. The van der Waals surface area contributed by atoms with Gasteiger partial charge in [-0.25, -0.2) is 4.39 Å². The molecule has 0 N–H and O–H groups in total. The van der Waals surface area contributed by atoms with Crippen LogP contribution in [-0.2, 0) is 0 Å². The predicted molar refractivity (Wildman–Crippen MR) is 86.8 cm³/mol. The summed E-state index contributed by atoms with van der Waals surface area (Å²) in [6, 6.07) is 8.56. The second-order valence-corrected chi connectivity index (χ2v) is 5.52. The minimum Gasteiger partial charge on any atom is -0.419 e. The molecule has 1 aliphatic heterocycles. The Morgan fingerprint density at radius 2 is 1.83 bits per heavy atom. The Bertz CT molecular complexity index is 752. The monoisotopic (exact) mass is 312 g/mol. The number of hydrogen-bond donors (Lipinski definition) is 0. The molecule has 3 rings (SSSR count). The van der Waals surface area contributed by atoms with Crippen LogP contribution in [0.25, 0.3) is 5.57 Å². The summed E-state index contributed by atoms with van der Waals surface area (Å²) in [4.78, 5) is 8.36. The molecule has 2 heterocycles. The number of nitrogens with zero attached hydrogens (tertiary/aromatic N) is 4. The molecule has 0 spiro atoms. The first-order chi connectivity index (χ1) is 11.1. The maximum absolute atomic E-state index is 13.0. The number of hydrogen-bond acceptors (Lipinski definition) is 5. The summed E-state index contributed by atoms with van der Waals surface area (Å²) in [6.45, 7) is 8.53. The molecule has 0 amide bonds. The van der Waals surface area contributed by atoms with Crippen LogP contribution in [0.2, 0.25) is 0 Å². The molecule has 0 unspecified atom stereocenters. The van der Waals surface area contributed by atoms with E-state index >= 15 is 0 Å². The van der Waals surface area contributed by atoms with Gasteiger partial charge >= 0.3 is 0 Å². The quantitative estimate of drug-likeness (QED) is 0.872. The molecule has 0 aliphatic carbocycles. The highest BCUT2D eigenvalue weighted by molar-refractivity contribution is 5.59. The number of oxazole rings is 1. The molecule has 6 heteroatoms. The van der Waals surface area contributed by atoms with E-state index in [0.29, 0.717) is 36.1 Å². The largest absolute Gasteiger partial charge is 0.419 e. The van der Waals surface area contributed by atoms with E-state index in [4.69, 9.17) is 4.42 Å². The molecule has 1 fully saturated rings. The van der Waals surface area contributed by atoms with Crippen molar-refractivity contribution in [3.05, 3.63) is 48.2 Å². The van der Waals surface area contributed by atoms with Crippen molar-refractivity contribution in [2.75, 3.05) is 36.0 Å². The average Bonchev–Trinajstić information content (AvgIpc) is 3.00. The highest BCUT2D eigenvalue weighted by atomic mass is 19.1. The zero-order chi connectivity index (χ0) is 16.4. The van der Waals surface area contributed by atoms with Gasteiger partial charge in [0.15, 0.2) is 0 Å². The molecular formula is C17H17FN4O. The van der Waals surface area contributed by atoms with Crippen LogP contribution in [0.4, 0.5) is 16.0 Å². The van der Waals surface area contributed by atoms with E-state index in [2.05, 4.69) is 22.5 Å². The van der Waals surface area contributed by atoms with Gasteiger partial charge in [0.05, 0.1) is 0 Å². The van der Waals surface area contributed by atoms with E-state index in [-0.39, 0.29) is 5.82 Å². The molecule has 0 radical (unpaired) electrons. The third-order valence-electron chi connectivity index (χ3n) is 3.84. The fourth-order valence-electron chi connectivity index (χ4n) is 2.60. The van der Waals surface area contributed by atoms with E-state index in [1.54, 1.807) is 19.1 Å². The van der Waals surface area contributed by atoms with Gasteiger partial charge in [0.2, 0.25) is 17.5 Å². The minimum absolute atomic E-state index is 0.236. The molecule has 1 aromatic heterocycles. The van der Waals surface area contributed by atoms with E-state index in [0.717, 1.165) is 18.8 Å². The van der Waals surface area contributed by atoms with Crippen LogP contribution in [0.1, 0.15) is 18.5 Å². The Balaban J connectivity index is 1.73. The third kappa shape index (κ3) is 3.04. The van der Waals surface area contributed by atoms with Gasteiger partial charge in [0, 0.05) is 37.4 Å². The molecule has 5 nitrogen and oxygen atoms in total. The molecular weight excluding hydrogens is 295 g/mol. The molecule has 2 aromatic rings. The Morgan fingerprint density at radius 3 is 2.39 bits per heavy atom. The summed E-state index contributed by atoms with van der Waals surface area (Å²) in [5.41, 5.74) is 1.97. The number of benzene rings is 1. The summed E-state index contributed by atoms with van der Waals surface area (Å²) in [5, 5.41) is 9.23. The van der Waals surface area contributed by atoms with Gasteiger partial charge in [-0.3, -0.25) is 0 Å². The lowest BCUT2D eigenvalue weighted by Gasteiger charge is -2.35. The van der Waals surface area contributed by atoms with Crippen molar-refractivity contribution < 1.29 is 8.81 Å². The van der Waals surface area contributed by atoms with Crippen LogP contribution in [0.5, 0.6) is 0 Å². The molecule has 1 aliphatic rings. The van der Waals surface area contributed by atoms with Crippen molar-refractivity contribution in [1.82, 2.24) is 4.98 Å². The molecule has 0 atom stereocenters. The van der Waals surface area contributed by atoms with Crippen molar-refractivity contribution in [2.24, 2.45) is 0 Å². The van der Waals surface area contributed by atoms with E-state index in [1.165, 1.54) is 12.1 Å². The number of aromatic nitrogens is 1. The minimum atomic E-state index is -0.236. The highest BCUT2D eigenvalue weighted by Crippen LogP contribution is 2.27. The normalized spacial score (nSPS) is 14.7. The topological polar surface area (TPSA) is 56.3 Å². The molecule has 1 saturated heterocycles. The first kappa shape index (κ1) is 15.1. The van der Waals surface area contributed by atoms with Gasteiger partial charge in [0.1, 0.15) is 11.9 Å². The van der Waals surface area contributed by atoms with Gasteiger partial charge in [-0.05, 0) is 31.2 Å². The van der Waals surface area contributed by atoms with Crippen molar-refractivity contribution in [1.29, 1.82) is 5.26 Å². The van der Waals surface area contributed by atoms with Gasteiger partial charge < -0.3 is 14.2 Å². The Morgan fingerprint density at radius 1 is 1.22 bits per heavy atom.